The van der Waals surface area contributed by atoms with E-state index in [-0.39, 0.29) is 0 Å². The molecule has 0 saturated carbocycles. The van der Waals surface area contributed by atoms with Crippen LogP contribution in [0, 0.1) is 0 Å². The quantitative estimate of drug-likeness (QED) is 0.393. The first-order valence-electron chi connectivity index (χ1n) is 8.29. The standard InChI is InChI=1S/C20H23NO3/c1-3-5-6-16-7-11-18(12-8-16)21-15-17-9-13-19(14-10-17)24-20(22)23-4-2/h7-15H,3-6H2,1-2H3. The number of aryl methyl sites for hydroxylation is 1. The van der Waals surface area contributed by atoms with E-state index in [9.17, 15) is 4.79 Å². The van der Waals surface area contributed by atoms with Gasteiger partial charge < -0.3 is 9.47 Å². The molecule has 0 radical (unpaired) electrons. The number of benzene rings is 2. The SMILES string of the molecule is CCCCc1ccc(N=Cc2ccc(OC(=O)OCC)cc2)cc1. The molecule has 0 spiro atoms. The van der Waals surface area contributed by atoms with Gasteiger partial charge in [0.1, 0.15) is 5.75 Å². The van der Waals surface area contributed by atoms with Gasteiger partial charge in [0, 0.05) is 6.21 Å². The summed E-state index contributed by atoms with van der Waals surface area (Å²) in [6, 6.07) is 15.4. The smallest absolute Gasteiger partial charge is 0.434 e. The van der Waals surface area contributed by atoms with E-state index in [1.807, 2.05) is 24.3 Å². The van der Waals surface area contributed by atoms with Crippen molar-refractivity contribution in [1.29, 1.82) is 0 Å². The van der Waals surface area contributed by atoms with Gasteiger partial charge in [-0.05, 0) is 67.3 Å². The lowest BCUT2D eigenvalue weighted by atomic mass is 10.1. The molecule has 0 atom stereocenters. The van der Waals surface area contributed by atoms with Crippen LogP contribution >= 0.6 is 0 Å². The van der Waals surface area contributed by atoms with Crippen molar-refractivity contribution in [2.75, 3.05) is 6.61 Å². The molecule has 0 bridgehead atoms. The third kappa shape index (κ3) is 5.88. The Bertz CT molecular complexity index is 660. The lowest BCUT2D eigenvalue weighted by Crippen LogP contribution is -2.09. The number of aliphatic imine (C=N–C) groups is 1. The van der Waals surface area contributed by atoms with Crippen LogP contribution in [0.25, 0.3) is 0 Å². The Morgan fingerprint density at radius 1 is 1.04 bits per heavy atom. The molecule has 4 heteroatoms. The fourth-order valence-electron chi connectivity index (χ4n) is 2.14. The third-order valence-corrected chi connectivity index (χ3v) is 3.46. The first kappa shape index (κ1) is 17.7. The van der Waals surface area contributed by atoms with E-state index in [2.05, 4.69) is 24.0 Å². The summed E-state index contributed by atoms with van der Waals surface area (Å²) in [4.78, 5) is 15.7. The number of rotatable bonds is 7. The topological polar surface area (TPSA) is 47.9 Å². The largest absolute Gasteiger partial charge is 0.513 e. The summed E-state index contributed by atoms with van der Waals surface area (Å²) in [5.41, 5.74) is 3.19. The second kappa shape index (κ2) is 9.50. The lowest BCUT2D eigenvalue weighted by molar-refractivity contribution is 0.104. The fourth-order valence-corrected chi connectivity index (χ4v) is 2.14. The minimum atomic E-state index is -0.693. The second-order valence-electron chi connectivity index (χ2n) is 5.38. The molecule has 0 heterocycles. The van der Waals surface area contributed by atoms with Crippen LogP contribution in [0.2, 0.25) is 0 Å². The van der Waals surface area contributed by atoms with Gasteiger partial charge in [0.15, 0.2) is 0 Å². The van der Waals surface area contributed by atoms with Crippen molar-refractivity contribution in [3.63, 3.8) is 0 Å². The van der Waals surface area contributed by atoms with E-state index >= 15 is 0 Å². The monoisotopic (exact) mass is 325 g/mol. The van der Waals surface area contributed by atoms with Gasteiger partial charge in [-0.25, -0.2) is 4.79 Å². The van der Waals surface area contributed by atoms with Gasteiger partial charge in [-0.1, -0.05) is 25.5 Å². The summed E-state index contributed by atoms with van der Waals surface area (Å²) in [5, 5.41) is 0. The summed E-state index contributed by atoms with van der Waals surface area (Å²) in [7, 11) is 0. The molecule has 0 unspecified atom stereocenters. The maximum absolute atomic E-state index is 11.2. The van der Waals surface area contributed by atoms with Crippen molar-refractivity contribution in [3.05, 3.63) is 59.7 Å². The predicted octanol–water partition coefficient (Wildman–Crippen LogP) is 5.32. The molecular weight excluding hydrogens is 302 g/mol. The van der Waals surface area contributed by atoms with Crippen molar-refractivity contribution >= 4 is 18.1 Å². The van der Waals surface area contributed by atoms with E-state index in [1.165, 1.54) is 18.4 Å². The normalized spacial score (nSPS) is 10.8. The summed E-state index contributed by atoms with van der Waals surface area (Å²) >= 11 is 0. The molecule has 4 nitrogen and oxygen atoms in total. The average Bonchev–Trinajstić information content (AvgIpc) is 2.60. The number of hydrogen-bond acceptors (Lipinski definition) is 4. The number of unbranched alkanes of at least 4 members (excludes halogenated alkanes) is 1. The fraction of sp³-hybridized carbons (Fsp3) is 0.300. The van der Waals surface area contributed by atoms with E-state index < -0.39 is 6.16 Å². The van der Waals surface area contributed by atoms with Crippen LogP contribution in [0.15, 0.2) is 53.5 Å². The average molecular weight is 325 g/mol. The highest BCUT2D eigenvalue weighted by molar-refractivity contribution is 5.82. The van der Waals surface area contributed by atoms with Gasteiger partial charge in [-0.2, -0.15) is 0 Å². The maximum Gasteiger partial charge on any atom is 0.513 e. The van der Waals surface area contributed by atoms with Crippen LogP contribution in [-0.4, -0.2) is 19.0 Å². The van der Waals surface area contributed by atoms with Gasteiger partial charge in [0.25, 0.3) is 0 Å². The van der Waals surface area contributed by atoms with Crippen molar-refractivity contribution < 1.29 is 14.3 Å². The minimum Gasteiger partial charge on any atom is -0.434 e. The molecule has 126 valence electrons. The molecule has 0 fully saturated rings. The van der Waals surface area contributed by atoms with Crippen LogP contribution in [0.4, 0.5) is 10.5 Å². The zero-order valence-corrected chi connectivity index (χ0v) is 14.2. The maximum atomic E-state index is 11.2. The third-order valence-electron chi connectivity index (χ3n) is 3.46. The van der Waals surface area contributed by atoms with Gasteiger partial charge in [0.2, 0.25) is 0 Å². The van der Waals surface area contributed by atoms with Crippen molar-refractivity contribution in [3.8, 4) is 5.75 Å². The number of ether oxygens (including phenoxy) is 2. The molecule has 24 heavy (non-hydrogen) atoms. The summed E-state index contributed by atoms with van der Waals surface area (Å²) in [6.45, 7) is 4.22. The van der Waals surface area contributed by atoms with Crippen molar-refractivity contribution in [2.24, 2.45) is 4.99 Å². The van der Waals surface area contributed by atoms with Crippen LogP contribution in [0.3, 0.4) is 0 Å². The Hall–Kier alpha value is -2.62. The molecule has 2 aromatic carbocycles. The molecular formula is C20H23NO3. The van der Waals surface area contributed by atoms with Gasteiger partial charge in [-0.3, -0.25) is 4.99 Å². The molecule has 0 saturated heterocycles. The highest BCUT2D eigenvalue weighted by Crippen LogP contribution is 2.16. The van der Waals surface area contributed by atoms with Gasteiger partial charge in [0.05, 0.1) is 12.3 Å². The Kier molecular flexibility index (Phi) is 7.02. The molecule has 0 aliphatic carbocycles. The molecule has 0 N–H and O–H groups in total. The Balaban J connectivity index is 1.92. The molecule has 0 aliphatic rings. The Morgan fingerprint density at radius 2 is 1.75 bits per heavy atom. The van der Waals surface area contributed by atoms with Crippen LogP contribution in [0.5, 0.6) is 5.75 Å². The second-order valence-corrected chi connectivity index (χ2v) is 5.38. The first-order valence-corrected chi connectivity index (χ1v) is 8.29. The first-order chi connectivity index (χ1) is 11.7. The number of carbonyl (C=O) groups is 1. The van der Waals surface area contributed by atoms with Gasteiger partial charge >= 0.3 is 6.16 Å². The molecule has 0 amide bonds. The summed E-state index contributed by atoms with van der Waals surface area (Å²) in [5.74, 6) is 0.450. The van der Waals surface area contributed by atoms with Crippen molar-refractivity contribution in [1.82, 2.24) is 0 Å². The van der Waals surface area contributed by atoms with E-state index in [0.717, 1.165) is 17.7 Å². The van der Waals surface area contributed by atoms with Gasteiger partial charge in [-0.15, -0.1) is 0 Å². The Labute approximate surface area is 143 Å². The molecule has 0 aliphatic heterocycles. The zero-order chi connectivity index (χ0) is 17.2. The summed E-state index contributed by atoms with van der Waals surface area (Å²) < 4.78 is 9.74. The van der Waals surface area contributed by atoms with Crippen LogP contribution in [-0.2, 0) is 11.2 Å². The highest BCUT2D eigenvalue weighted by Gasteiger charge is 2.03. The molecule has 2 rings (SSSR count). The van der Waals surface area contributed by atoms with E-state index in [0.29, 0.717) is 12.4 Å². The van der Waals surface area contributed by atoms with Crippen LogP contribution in [0.1, 0.15) is 37.8 Å². The molecule has 2 aromatic rings. The summed E-state index contributed by atoms with van der Waals surface area (Å²) in [6.07, 6.45) is 4.62. The molecule has 0 aromatic heterocycles. The zero-order valence-electron chi connectivity index (χ0n) is 14.2. The Morgan fingerprint density at radius 3 is 2.38 bits per heavy atom. The van der Waals surface area contributed by atoms with E-state index in [4.69, 9.17) is 9.47 Å². The predicted molar refractivity (Wildman–Crippen MR) is 96.4 cm³/mol. The lowest BCUT2D eigenvalue weighted by Gasteiger charge is -2.03. The number of hydrogen-bond donors (Lipinski definition) is 0. The van der Waals surface area contributed by atoms with Crippen molar-refractivity contribution in [2.45, 2.75) is 33.1 Å². The van der Waals surface area contributed by atoms with Crippen LogP contribution < -0.4 is 4.74 Å². The number of carbonyl (C=O) groups excluding carboxylic acids is 1. The minimum absolute atomic E-state index is 0.292. The van der Waals surface area contributed by atoms with E-state index in [1.54, 1.807) is 25.3 Å². The highest BCUT2D eigenvalue weighted by atomic mass is 16.7. The number of nitrogens with zero attached hydrogens (tertiary/aromatic N) is 1.